The van der Waals surface area contributed by atoms with E-state index in [1.807, 2.05) is 0 Å². The molecule has 3 fully saturated rings. The van der Waals surface area contributed by atoms with Crippen LogP contribution in [0.3, 0.4) is 0 Å². The summed E-state index contributed by atoms with van der Waals surface area (Å²) in [5.74, 6) is 0. The molecule has 18 N–H and O–H groups in total. The molecule has 0 bridgehead atoms. The van der Waals surface area contributed by atoms with Gasteiger partial charge >= 0.3 is 0 Å². The van der Waals surface area contributed by atoms with Crippen molar-refractivity contribution in [3.8, 4) is 0 Å². The Morgan fingerprint density at radius 3 is 1.98 bits per heavy atom. The standard InChI is InChI=1S/C24H49N5O14/c25-2-9(33)3-28-4-12-16(35)18(37)19(38)24(40-12)42-21-10(26)1-11(29-8(5-30)6-31)22(20(21)39)43-23-17(36)14(27)15(34)13(7-32)41-23/h8-24,28-39H,1-7,25-27H2/t9?,10-,11+,12+,13+,14-,15+,16+,17+,18-,19+,20-,21?,22-,23+,24+/m0/s1. The molecule has 2 saturated heterocycles. The number of aliphatic hydroxyl groups is 10. The first-order chi connectivity index (χ1) is 20.4. The Morgan fingerprint density at radius 2 is 1.37 bits per heavy atom. The van der Waals surface area contributed by atoms with Gasteiger partial charge in [-0.1, -0.05) is 0 Å². The summed E-state index contributed by atoms with van der Waals surface area (Å²) in [6.07, 6.45) is -18.7. The summed E-state index contributed by atoms with van der Waals surface area (Å²) in [5, 5.41) is 108. The molecule has 16 atom stereocenters. The molecule has 43 heavy (non-hydrogen) atoms. The summed E-state index contributed by atoms with van der Waals surface area (Å²) in [5.41, 5.74) is 17.6. The van der Waals surface area contributed by atoms with Gasteiger partial charge in [0.15, 0.2) is 12.6 Å². The molecule has 0 amide bonds. The normalized spacial score (nSPS) is 44.9. The van der Waals surface area contributed by atoms with E-state index in [0.717, 1.165) is 0 Å². The van der Waals surface area contributed by atoms with Crippen LogP contribution >= 0.6 is 0 Å². The van der Waals surface area contributed by atoms with Crippen molar-refractivity contribution < 1.29 is 70.0 Å². The van der Waals surface area contributed by atoms with E-state index in [1.54, 1.807) is 0 Å². The quantitative estimate of drug-likeness (QED) is 0.0845. The second kappa shape index (κ2) is 16.7. The first kappa shape index (κ1) is 36.7. The topological polar surface area (TPSA) is 341 Å². The molecule has 2 aliphatic heterocycles. The molecule has 0 spiro atoms. The SMILES string of the molecule is NCC(O)CNC[C@H]1O[C@H](OC2[C@@H](N)C[C@@H](NC(CO)CO)[C@H](O[C@H]3O[C@H](CO)[C@@H](O)[C@H](N)[C@H]3O)[C@H]2O)[C@H](O)[C@@H](O)[C@@H]1O. The number of rotatable bonds is 14. The van der Waals surface area contributed by atoms with Crippen LogP contribution in [0.1, 0.15) is 6.42 Å². The van der Waals surface area contributed by atoms with Crippen LogP contribution in [0, 0.1) is 0 Å². The number of nitrogens with two attached hydrogens (primary N) is 3. The van der Waals surface area contributed by atoms with E-state index in [9.17, 15) is 51.1 Å². The zero-order valence-corrected chi connectivity index (χ0v) is 23.6. The van der Waals surface area contributed by atoms with Gasteiger partial charge in [-0.25, -0.2) is 0 Å². The molecule has 0 aromatic carbocycles. The highest BCUT2D eigenvalue weighted by Crippen LogP contribution is 2.32. The monoisotopic (exact) mass is 631 g/mol. The smallest absolute Gasteiger partial charge is 0.187 e. The maximum absolute atomic E-state index is 11.5. The van der Waals surface area contributed by atoms with E-state index in [1.165, 1.54) is 0 Å². The average molecular weight is 632 g/mol. The fourth-order valence-corrected chi connectivity index (χ4v) is 5.44. The zero-order chi connectivity index (χ0) is 32.0. The molecule has 0 aromatic rings. The van der Waals surface area contributed by atoms with Crippen LogP contribution in [0.5, 0.6) is 0 Å². The number of aliphatic hydroxyl groups excluding tert-OH is 10. The number of hydrogen-bond acceptors (Lipinski definition) is 19. The van der Waals surface area contributed by atoms with Crippen molar-refractivity contribution in [3.05, 3.63) is 0 Å². The molecular formula is C24H49N5O14. The lowest BCUT2D eigenvalue weighted by Crippen LogP contribution is -2.69. The first-order valence-electron chi connectivity index (χ1n) is 14.3. The Hall–Kier alpha value is -0.760. The maximum atomic E-state index is 11.5. The van der Waals surface area contributed by atoms with E-state index >= 15 is 0 Å². The van der Waals surface area contributed by atoms with Crippen LogP contribution in [0.4, 0.5) is 0 Å². The summed E-state index contributed by atoms with van der Waals surface area (Å²) < 4.78 is 23.0. The van der Waals surface area contributed by atoms with E-state index in [-0.39, 0.29) is 26.1 Å². The highest BCUT2D eigenvalue weighted by Gasteiger charge is 2.52. The number of ether oxygens (including phenoxy) is 4. The summed E-state index contributed by atoms with van der Waals surface area (Å²) in [6.45, 7) is -1.66. The molecular weight excluding hydrogens is 582 g/mol. The van der Waals surface area contributed by atoms with Crippen molar-refractivity contribution in [1.82, 2.24) is 10.6 Å². The Morgan fingerprint density at radius 1 is 0.767 bits per heavy atom. The Bertz CT molecular complexity index is 820. The van der Waals surface area contributed by atoms with Crippen LogP contribution in [-0.2, 0) is 18.9 Å². The van der Waals surface area contributed by atoms with Gasteiger partial charge < -0.3 is 97.8 Å². The summed E-state index contributed by atoms with van der Waals surface area (Å²) in [4.78, 5) is 0. The van der Waals surface area contributed by atoms with Gasteiger partial charge in [0.25, 0.3) is 0 Å². The van der Waals surface area contributed by atoms with Crippen LogP contribution in [0.2, 0.25) is 0 Å². The van der Waals surface area contributed by atoms with E-state index in [4.69, 9.17) is 36.1 Å². The maximum Gasteiger partial charge on any atom is 0.187 e. The van der Waals surface area contributed by atoms with Gasteiger partial charge in [0, 0.05) is 31.7 Å². The molecule has 0 radical (unpaired) electrons. The second-order valence-electron chi connectivity index (χ2n) is 11.3. The molecule has 0 aromatic heterocycles. The molecule has 2 heterocycles. The summed E-state index contributed by atoms with van der Waals surface area (Å²) in [7, 11) is 0. The van der Waals surface area contributed by atoms with Crippen LogP contribution < -0.4 is 27.8 Å². The van der Waals surface area contributed by atoms with Crippen molar-refractivity contribution in [3.63, 3.8) is 0 Å². The fourth-order valence-electron chi connectivity index (χ4n) is 5.44. The van der Waals surface area contributed by atoms with Gasteiger partial charge in [-0.2, -0.15) is 0 Å². The largest absolute Gasteiger partial charge is 0.395 e. The summed E-state index contributed by atoms with van der Waals surface area (Å²) in [6, 6.07) is -4.00. The third-order valence-electron chi connectivity index (χ3n) is 8.09. The third-order valence-corrected chi connectivity index (χ3v) is 8.09. The van der Waals surface area contributed by atoms with Crippen LogP contribution in [-0.4, -0.2) is 194 Å². The molecule has 1 aliphatic carbocycles. The van der Waals surface area contributed by atoms with Crippen molar-refractivity contribution in [2.45, 2.75) is 110 Å². The molecule has 2 unspecified atom stereocenters. The highest BCUT2D eigenvalue weighted by atomic mass is 16.7. The predicted molar refractivity (Wildman–Crippen MR) is 144 cm³/mol. The van der Waals surface area contributed by atoms with Gasteiger partial charge in [-0.15, -0.1) is 0 Å². The van der Waals surface area contributed by atoms with Crippen molar-refractivity contribution in [1.29, 1.82) is 0 Å². The van der Waals surface area contributed by atoms with E-state index < -0.39 is 124 Å². The summed E-state index contributed by atoms with van der Waals surface area (Å²) >= 11 is 0. The van der Waals surface area contributed by atoms with Crippen molar-refractivity contribution in [2.75, 3.05) is 39.5 Å². The van der Waals surface area contributed by atoms with E-state index in [0.29, 0.717) is 0 Å². The number of hydrogen-bond donors (Lipinski definition) is 15. The van der Waals surface area contributed by atoms with Crippen LogP contribution in [0.15, 0.2) is 0 Å². The Labute approximate surface area is 248 Å². The van der Waals surface area contributed by atoms with E-state index in [2.05, 4.69) is 10.6 Å². The second-order valence-corrected chi connectivity index (χ2v) is 11.3. The molecule has 19 heteroatoms. The zero-order valence-electron chi connectivity index (χ0n) is 23.6. The molecule has 254 valence electrons. The minimum Gasteiger partial charge on any atom is -0.395 e. The molecule has 3 rings (SSSR count). The van der Waals surface area contributed by atoms with Crippen LogP contribution in [0.25, 0.3) is 0 Å². The third kappa shape index (κ3) is 8.74. The van der Waals surface area contributed by atoms with Gasteiger partial charge in [0.2, 0.25) is 0 Å². The lowest BCUT2D eigenvalue weighted by Gasteiger charge is -2.49. The minimum absolute atomic E-state index is 0.0141. The molecule has 3 aliphatic rings. The van der Waals surface area contributed by atoms with Gasteiger partial charge in [-0.3, -0.25) is 0 Å². The van der Waals surface area contributed by atoms with Crippen molar-refractivity contribution in [2.24, 2.45) is 17.2 Å². The first-order valence-corrected chi connectivity index (χ1v) is 14.3. The molecule has 1 saturated carbocycles. The highest BCUT2D eigenvalue weighted by molar-refractivity contribution is 5.03. The van der Waals surface area contributed by atoms with Gasteiger partial charge in [-0.05, 0) is 6.42 Å². The van der Waals surface area contributed by atoms with Crippen molar-refractivity contribution >= 4 is 0 Å². The fraction of sp³-hybridized carbons (Fsp3) is 1.00. The van der Waals surface area contributed by atoms with Gasteiger partial charge in [0.05, 0.1) is 38.0 Å². The number of nitrogens with one attached hydrogen (secondary N) is 2. The minimum atomic E-state index is -1.77. The average Bonchev–Trinajstić information content (AvgIpc) is 3.00. The Kier molecular flexibility index (Phi) is 14.3. The van der Waals surface area contributed by atoms with Gasteiger partial charge in [0.1, 0.15) is 61.0 Å². The lowest BCUT2D eigenvalue weighted by atomic mass is 9.83. The lowest BCUT2D eigenvalue weighted by molar-refractivity contribution is -0.333. The Balaban J connectivity index is 1.80. The molecule has 19 nitrogen and oxygen atoms in total. The predicted octanol–water partition coefficient (Wildman–Crippen LogP) is -9.36.